The summed E-state index contributed by atoms with van der Waals surface area (Å²) in [5.41, 5.74) is 3.84. The van der Waals surface area contributed by atoms with E-state index in [4.69, 9.17) is 14.6 Å². The molecule has 1 aliphatic heterocycles. The molecule has 3 atom stereocenters. The van der Waals surface area contributed by atoms with E-state index in [2.05, 4.69) is 11.6 Å². The first-order valence-corrected chi connectivity index (χ1v) is 12.6. The third kappa shape index (κ3) is 5.39. The van der Waals surface area contributed by atoms with Gasteiger partial charge in [-0.15, -0.1) is 0 Å². The molecule has 0 fully saturated rings. The number of carbonyl (C=O) groups is 1. The zero-order valence-electron chi connectivity index (χ0n) is 19.3. The summed E-state index contributed by atoms with van der Waals surface area (Å²) in [6.45, 7) is 4.22. The Bertz CT molecular complexity index is 1160. The van der Waals surface area contributed by atoms with Crippen LogP contribution in [0.15, 0.2) is 59.6 Å². The van der Waals surface area contributed by atoms with Crippen LogP contribution in [0.3, 0.4) is 0 Å². The summed E-state index contributed by atoms with van der Waals surface area (Å²) in [6, 6.07) is 15.4. The van der Waals surface area contributed by atoms with Gasteiger partial charge in [-0.25, -0.2) is 4.39 Å². The first-order valence-electron chi connectivity index (χ1n) is 10.8. The molecule has 180 valence electrons. The van der Waals surface area contributed by atoms with Crippen LogP contribution in [0.4, 0.5) is 10.1 Å². The zero-order chi connectivity index (χ0) is 24.9. The maximum Gasteiger partial charge on any atom is 0.305 e. The van der Waals surface area contributed by atoms with Gasteiger partial charge in [0.15, 0.2) is 5.54 Å². The summed E-state index contributed by atoms with van der Waals surface area (Å²) in [4.78, 5) is 17.6. The standard InChI is InChI=1S/C25H28FN2O5P/c1-18(2)24-25(19-7-5-4-6-8-19,28(17-27-24)21-11-9-20(26)10-12-21)13-14-34(32,33-3)16-22(29)15-23(30)31/h4-12,18,22,29H,15-17H2,1-3H3,(H,30,31)/t22-,25?,34?/m0/s1. The second-order valence-corrected chi connectivity index (χ2v) is 10.6. The number of anilines is 1. The van der Waals surface area contributed by atoms with Crippen molar-refractivity contribution < 1.29 is 28.5 Å². The zero-order valence-corrected chi connectivity index (χ0v) is 20.2. The van der Waals surface area contributed by atoms with Crippen molar-refractivity contribution in [3.8, 4) is 11.6 Å². The third-order valence-corrected chi connectivity index (χ3v) is 7.54. The van der Waals surface area contributed by atoms with Crippen molar-refractivity contribution in [1.82, 2.24) is 0 Å². The number of aliphatic hydroxyl groups is 1. The number of benzene rings is 2. The van der Waals surface area contributed by atoms with E-state index in [0.29, 0.717) is 5.69 Å². The molecule has 7 nitrogen and oxygen atoms in total. The largest absolute Gasteiger partial charge is 0.481 e. The smallest absolute Gasteiger partial charge is 0.305 e. The number of hydrogen-bond acceptors (Lipinski definition) is 6. The van der Waals surface area contributed by atoms with E-state index in [-0.39, 0.29) is 18.4 Å². The van der Waals surface area contributed by atoms with Crippen molar-refractivity contribution in [3.05, 3.63) is 66.0 Å². The van der Waals surface area contributed by atoms with Gasteiger partial charge in [-0.1, -0.05) is 50.1 Å². The van der Waals surface area contributed by atoms with E-state index in [0.717, 1.165) is 11.3 Å². The Balaban J connectivity index is 2.19. The van der Waals surface area contributed by atoms with Gasteiger partial charge in [0.05, 0.1) is 24.4 Å². The summed E-state index contributed by atoms with van der Waals surface area (Å²) in [5, 5.41) is 19.0. The van der Waals surface area contributed by atoms with E-state index in [1.54, 1.807) is 12.1 Å². The first kappa shape index (κ1) is 25.6. The van der Waals surface area contributed by atoms with Crippen LogP contribution < -0.4 is 4.90 Å². The highest BCUT2D eigenvalue weighted by atomic mass is 31.2. The van der Waals surface area contributed by atoms with Crippen molar-refractivity contribution in [2.24, 2.45) is 10.9 Å². The minimum absolute atomic E-state index is 0.0283. The van der Waals surface area contributed by atoms with E-state index in [1.165, 1.54) is 19.2 Å². The van der Waals surface area contributed by atoms with Gasteiger partial charge in [-0.3, -0.25) is 14.4 Å². The Labute approximate surface area is 198 Å². The average molecular weight is 486 g/mol. The van der Waals surface area contributed by atoms with Crippen LogP contribution >= 0.6 is 7.37 Å². The Kier molecular flexibility index (Phi) is 7.93. The van der Waals surface area contributed by atoms with Crippen molar-refractivity contribution in [1.29, 1.82) is 0 Å². The monoisotopic (exact) mass is 486 g/mol. The number of aliphatic hydroxyl groups excluding tert-OH is 1. The van der Waals surface area contributed by atoms with E-state index in [1.807, 2.05) is 49.1 Å². The number of carboxylic acid groups (broad SMARTS) is 1. The maximum absolute atomic E-state index is 13.7. The number of rotatable bonds is 8. The van der Waals surface area contributed by atoms with Gasteiger partial charge in [0, 0.05) is 12.8 Å². The lowest BCUT2D eigenvalue weighted by molar-refractivity contribution is -0.138. The van der Waals surface area contributed by atoms with Crippen molar-refractivity contribution in [2.45, 2.75) is 31.9 Å². The lowest BCUT2D eigenvalue weighted by atomic mass is 9.80. The number of nitrogens with zero attached hydrogens (tertiary/aromatic N) is 2. The number of aliphatic carboxylic acids is 1. The number of aliphatic imine (C=N–C) groups is 1. The van der Waals surface area contributed by atoms with Crippen LogP contribution in [-0.4, -0.2) is 47.9 Å². The fraction of sp³-hybridized carbons (Fsp3) is 0.360. The summed E-state index contributed by atoms with van der Waals surface area (Å²) >= 11 is 0. The number of hydrogen-bond donors (Lipinski definition) is 2. The minimum Gasteiger partial charge on any atom is -0.481 e. The highest BCUT2D eigenvalue weighted by Gasteiger charge is 2.47. The molecule has 0 spiro atoms. The SMILES string of the molecule is COP(=O)(C#CC1(c2ccccc2)C(C(C)C)=NCN1c1ccc(F)cc1)C[C@@H](O)CC(=O)O. The molecule has 0 radical (unpaired) electrons. The third-order valence-electron chi connectivity index (χ3n) is 5.60. The Morgan fingerprint density at radius 2 is 1.88 bits per heavy atom. The van der Waals surface area contributed by atoms with Crippen LogP contribution in [0.2, 0.25) is 0 Å². The topological polar surface area (TPSA) is 99.4 Å². The molecular formula is C25H28FN2O5P. The number of halogens is 1. The quantitative estimate of drug-likeness (QED) is 0.426. The molecule has 0 saturated heterocycles. The molecule has 0 amide bonds. The van der Waals surface area contributed by atoms with Crippen molar-refractivity contribution >= 4 is 24.7 Å². The minimum atomic E-state index is -3.73. The average Bonchev–Trinajstić information content (AvgIpc) is 3.19. The molecule has 0 bridgehead atoms. The van der Waals surface area contributed by atoms with Crippen LogP contribution in [0.1, 0.15) is 25.8 Å². The highest BCUT2D eigenvalue weighted by molar-refractivity contribution is 7.64. The Hall–Kier alpha value is -2.98. The van der Waals surface area contributed by atoms with Gasteiger partial charge in [-0.2, -0.15) is 0 Å². The predicted molar refractivity (Wildman–Crippen MR) is 130 cm³/mol. The summed E-state index contributed by atoms with van der Waals surface area (Å²) < 4.78 is 32.3. The molecule has 1 heterocycles. The lowest BCUT2D eigenvalue weighted by Crippen LogP contribution is -2.48. The molecule has 2 unspecified atom stereocenters. The molecule has 1 aliphatic rings. The first-order chi connectivity index (χ1) is 16.1. The Morgan fingerprint density at radius 1 is 1.24 bits per heavy atom. The molecule has 0 aromatic heterocycles. The molecular weight excluding hydrogens is 458 g/mol. The van der Waals surface area contributed by atoms with Gasteiger partial charge in [0.25, 0.3) is 7.37 Å². The van der Waals surface area contributed by atoms with E-state index < -0.39 is 37.6 Å². The summed E-state index contributed by atoms with van der Waals surface area (Å²) in [5.74, 6) is 1.55. The van der Waals surface area contributed by atoms with Crippen LogP contribution in [0, 0.1) is 23.3 Å². The highest BCUT2D eigenvalue weighted by Crippen LogP contribution is 2.47. The molecule has 0 saturated carbocycles. The molecule has 2 aromatic carbocycles. The van der Waals surface area contributed by atoms with Gasteiger partial charge < -0.3 is 19.6 Å². The van der Waals surface area contributed by atoms with Gasteiger partial charge in [0.2, 0.25) is 0 Å². The van der Waals surface area contributed by atoms with Crippen LogP contribution in [-0.2, 0) is 19.4 Å². The van der Waals surface area contributed by atoms with E-state index in [9.17, 15) is 18.9 Å². The Morgan fingerprint density at radius 3 is 2.44 bits per heavy atom. The second-order valence-electron chi connectivity index (χ2n) is 8.35. The van der Waals surface area contributed by atoms with Gasteiger partial charge in [-0.05, 0) is 41.4 Å². The molecule has 9 heteroatoms. The van der Waals surface area contributed by atoms with Crippen LogP contribution in [0.25, 0.3) is 0 Å². The fourth-order valence-electron chi connectivity index (χ4n) is 4.06. The van der Waals surface area contributed by atoms with Crippen LogP contribution in [0.5, 0.6) is 0 Å². The fourth-order valence-corrected chi connectivity index (χ4v) is 5.41. The number of carboxylic acids is 1. The lowest BCUT2D eigenvalue weighted by Gasteiger charge is -2.38. The second kappa shape index (κ2) is 10.5. The normalized spacial score (nSPS) is 20.3. The van der Waals surface area contributed by atoms with Gasteiger partial charge in [0.1, 0.15) is 12.5 Å². The summed E-state index contributed by atoms with van der Waals surface area (Å²) in [7, 11) is -2.50. The van der Waals surface area contributed by atoms with Crippen molar-refractivity contribution in [3.63, 3.8) is 0 Å². The molecule has 34 heavy (non-hydrogen) atoms. The molecule has 3 rings (SSSR count). The summed E-state index contributed by atoms with van der Waals surface area (Å²) in [6.07, 6.45) is -2.36. The molecule has 0 aliphatic carbocycles. The molecule has 2 N–H and O–H groups in total. The van der Waals surface area contributed by atoms with Crippen molar-refractivity contribution in [2.75, 3.05) is 24.8 Å². The van der Waals surface area contributed by atoms with E-state index >= 15 is 0 Å². The van der Waals surface area contributed by atoms with Gasteiger partial charge >= 0.3 is 5.97 Å². The maximum atomic E-state index is 13.7. The molecule has 2 aromatic rings. The predicted octanol–water partition coefficient (Wildman–Crippen LogP) is 4.32.